The summed E-state index contributed by atoms with van der Waals surface area (Å²) >= 11 is 0. The normalized spacial score (nSPS) is 11.4. The number of aromatic nitrogens is 1. The number of rotatable bonds is 7. The van der Waals surface area contributed by atoms with Crippen LogP contribution >= 0.6 is 0 Å². The molecule has 0 unspecified atom stereocenters. The van der Waals surface area contributed by atoms with Gasteiger partial charge in [-0.05, 0) is 18.6 Å². The molecule has 0 saturated heterocycles. The highest BCUT2D eigenvalue weighted by atomic mass is 19.4. The Bertz CT molecular complexity index is 385. The van der Waals surface area contributed by atoms with Crippen LogP contribution in [0, 0.1) is 0 Å². The first-order valence-electron chi connectivity index (χ1n) is 5.98. The quantitative estimate of drug-likeness (QED) is 0.830. The van der Waals surface area contributed by atoms with Gasteiger partial charge in [-0.3, -0.25) is 0 Å². The second kappa shape index (κ2) is 7.18. The Labute approximate surface area is 109 Å². The fourth-order valence-corrected chi connectivity index (χ4v) is 1.54. The van der Waals surface area contributed by atoms with Crippen molar-refractivity contribution in [2.75, 3.05) is 31.2 Å². The zero-order chi connectivity index (χ0) is 14.3. The molecule has 1 aromatic heterocycles. The number of pyridine rings is 1. The predicted octanol–water partition coefficient (Wildman–Crippen LogP) is 2.23. The molecule has 1 N–H and O–H groups in total. The number of hydrogen-bond acceptors (Lipinski definition) is 4. The van der Waals surface area contributed by atoms with Crippen molar-refractivity contribution in [3.63, 3.8) is 0 Å². The van der Waals surface area contributed by atoms with Crippen LogP contribution in [0.2, 0.25) is 0 Å². The summed E-state index contributed by atoms with van der Waals surface area (Å²) in [5.41, 5.74) is 0. The molecule has 0 aromatic carbocycles. The zero-order valence-electron chi connectivity index (χ0n) is 10.7. The maximum absolute atomic E-state index is 12.5. The minimum Gasteiger partial charge on any atom is -0.490 e. The van der Waals surface area contributed by atoms with Crippen molar-refractivity contribution in [1.29, 1.82) is 0 Å². The van der Waals surface area contributed by atoms with Crippen LogP contribution < -0.4 is 9.64 Å². The van der Waals surface area contributed by atoms with E-state index in [0.717, 1.165) is 11.3 Å². The maximum Gasteiger partial charge on any atom is 0.405 e. The summed E-state index contributed by atoms with van der Waals surface area (Å²) in [6.07, 6.45) is -2.22. The third-order valence-corrected chi connectivity index (χ3v) is 2.25. The van der Waals surface area contributed by atoms with Crippen molar-refractivity contribution in [2.24, 2.45) is 0 Å². The summed E-state index contributed by atoms with van der Waals surface area (Å²) in [6.45, 7) is 0.584. The van der Waals surface area contributed by atoms with Gasteiger partial charge in [0.25, 0.3) is 0 Å². The minimum atomic E-state index is -4.37. The van der Waals surface area contributed by atoms with E-state index >= 15 is 0 Å². The molecule has 0 aliphatic rings. The standard InChI is InChI=1S/C12H17F3N2O2/c1-2-8-19-10-4-3-5-16-11(10)17(6-7-18)9-12(13,14)15/h3-5,18H,2,6-9H2,1H3. The lowest BCUT2D eigenvalue weighted by Gasteiger charge is -2.25. The summed E-state index contributed by atoms with van der Waals surface area (Å²) in [5, 5.41) is 8.88. The molecular weight excluding hydrogens is 261 g/mol. The van der Waals surface area contributed by atoms with Crippen molar-refractivity contribution >= 4 is 5.82 Å². The van der Waals surface area contributed by atoms with Crippen LogP contribution in [0.15, 0.2) is 18.3 Å². The van der Waals surface area contributed by atoms with Gasteiger partial charge in [0.05, 0.1) is 13.2 Å². The largest absolute Gasteiger partial charge is 0.490 e. The molecule has 0 aliphatic carbocycles. The molecule has 1 rings (SSSR count). The summed E-state index contributed by atoms with van der Waals surface area (Å²) in [5.74, 6) is 0.393. The number of nitrogens with zero attached hydrogens (tertiary/aromatic N) is 2. The average molecular weight is 278 g/mol. The second-order valence-electron chi connectivity index (χ2n) is 3.93. The van der Waals surface area contributed by atoms with Crippen LogP contribution in [-0.4, -0.2) is 42.6 Å². The van der Waals surface area contributed by atoms with Gasteiger partial charge < -0.3 is 14.7 Å². The van der Waals surface area contributed by atoms with Gasteiger partial charge in [0.1, 0.15) is 6.54 Å². The van der Waals surface area contributed by atoms with Gasteiger partial charge in [0.15, 0.2) is 11.6 Å². The first-order chi connectivity index (χ1) is 8.98. The van der Waals surface area contributed by atoms with Crippen LogP contribution in [0.3, 0.4) is 0 Å². The molecule has 7 heteroatoms. The first-order valence-corrected chi connectivity index (χ1v) is 5.98. The van der Waals surface area contributed by atoms with E-state index in [1.807, 2.05) is 6.92 Å². The topological polar surface area (TPSA) is 45.6 Å². The van der Waals surface area contributed by atoms with Gasteiger partial charge in [0.2, 0.25) is 0 Å². The molecular formula is C12H17F3N2O2. The van der Waals surface area contributed by atoms with Crippen LogP contribution in [0.25, 0.3) is 0 Å². The lowest BCUT2D eigenvalue weighted by atomic mass is 10.3. The van der Waals surface area contributed by atoms with Gasteiger partial charge in [-0.1, -0.05) is 6.92 Å². The SMILES string of the molecule is CCCOc1cccnc1N(CCO)CC(F)(F)F. The van der Waals surface area contributed by atoms with Crippen LogP contribution in [-0.2, 0) is 0 Å². The van der Waals surface area contributed by atoms with Gasteiger partial charge >= 0.3 is 6.18 Å². The minimum absolute atomic E-state index is 0.0994. The van der Waals surface area contributed by atoms with Crippen LogP contribution in [0.4, 0.5) is 19.0 Å². The number of ether oxygens (including phenoxy) is 1. The third kappa shape index (κ3) is 5.34. The Morgan fingerprint density at radius 3 is 2.74 bits per heavy atom. The molecule has 4 nitrogen and oxygen atoms in total. The molecule has 108 valence electrons. The van der Waals surface area contributed by atoms with Crippen molar-refractivity contribution in [3.8, 4) is 5.75 Å². The lowest BCUT2D eigenvalue weighted by Crippen LogP contribution is -2.37. The smallest absolute Gasteiger partial charge is 0.405 e. The van der Waals surface area contributed by atoms with Crippen molar-refractivity contribution in [1.82, 2.24) is 4.98 Å². The van der Waals surface area contributed by atoms with E-state index in [4.69, 9.17) is 9.84 Å². The van der Waals surface area contributed by atoms with Gasteiger partial charge in [-0.2, -0.15) is 13.2 Å². The highest BCUT2D eigenvalue weighted by molar-refractivity contribution is 5.52. The zero-order valence-corrected chi connectivity index (χ0v) is 10.7. The molecule has 0 amide bonds. The van der Waals surface area contributed by atoms with Crippen LogP contribution in [0.5, 0.6) is 5.75 Å². The molecule has 19 heavy (non-hydrogen) atoms. The molecule has 0 bridgehead atoms. The Hall–Kier alpha value is -1.50. The maximum atomic E-state index is 12.5. The van der Waals surface area contributed by atoms with E-state index in [1.165, 1.54) is 6.20 Å². The fraction of sp³-hybridized carbons (Fsp3) is 0.583. The Kier molecular flexibility index (Phi) is 5.88. The summed E-state index contributed by atoms with van der Waals surface area (Å²) in [4.78, 5) is 4.89. The van der Waals surface area contributed by atoms with E-state index < -0.39 is 12.7 Å². The van der Waals surface area contributed by atoms with Crippen molar-refractivity contribution in [3.05, 3.63) is 18.3 Å². The van der Waals surface area contributed by atoms with E-state index in [1.54, 1.807) is 12.1 Å². The monoisotopic (exact) mass is 278 g/mol. The lowest BCUT2D eigenvalue weighted by molar-refractivity contribution is -0.120. The molecule has 1 aromatic rings. The molecule has 0 aliphatic heterocycles. The number of hydrogen-bond donors (Lipinski definition) is 1. The molecule has 0 radical (unpaired) electrons. The van der Waals surface area contributed by atoms with Gasteiger partial charge in [-0.15, -0.1) is 0 Å². The molecule has 0 fully saturated rings. The van der Waals surface area contributed by atoms with Crippen LogP contribution in [0.1, 0.15) is 13.3 Å². The highest BCUT2D eigenvalue weighted by Gasteiger charge is 2.32. The van der Waals surface area contributed by atoms with Crippen molar-refractivity contribution in [2.45, 2.75) is 19.5 Å². The average Bonchev–Trinajstić information content (AvgIpc) is 2.34. The molecule has 1 heterocycles. The highest BCUT2D eigenvalue weighted by Crippen LogP contribution is 2.28. The van der Waals surface area contributed by atoms with E-state index in [0.29, 0.717) is 12.4 Å². The molecule has 0 atom stereocenters. The third-order valence-electron chi connectivity index (χ3n) is 2.25. The van der Waals surface area contributed by atoms with Gasteiger partial charge in [-0.25, -0.2) is 4.98 Å². The fourth-order valence-electron chi connectivity index (χ4n) is 1.54. The first kappa shape index (κ1) is 15.6. The van der Waals surface area contributed by atoms with E-state index in [9.17, 15) is 13.2 Å². The number of alkyl halides is 3. The van der Waals surface area contributed by atoms with Crippen molar-refractivity contribution < 1.29 is 23.0 Å². The summed E-state index contributed by atoms with van der Waals surface area (Å²) in [7, 11) is 0. The molecule has 0 spiro atoms. The number of aliphatic hydroxyl groups excluding tert-OH is 1. The molecule has 0 saturated carbocycles. The van der Waals surface area contributed by atoms with E-state index in [-0.39, 0.29) is 19.0 Å². The number of aliphatic hydroxyl groups is 1. The second-order valence-corrected chi connectivity index (χ2v) is 3.93. The summed E-state index contributed by atoms with van der Waals surface area (Å²) in [6, 6.07) is 3.16. The summed E-state index contributed by atoms with van der Waals surface area (Å²) < 4.78 is 42.9. The van der Waals surface area contributed by atoms with E-state index in [2.05, 4.69) is 4.98 Å². The Morgan fingerprint density at radius 1 is 1.42 bits per heavy atom. The number of halogens is 3. The Morgan fingerprint density at radius 2 is 2.16 bits per heavy atom. The Balaban J connectivity index is 2.94. The predicted molar refractivity (Wildman–Crippen MR) is 65.4 cm³/mol. The number of anilines is 1. The van der Waals surface area contributed by atoms with Gasteiger partial charge in [0, 0.05) is 12.7 Å².